The van der Waals surface area contributed by atoms with E-state index in [1.54, 1.807) is 0 Å². The molecule has 0 aromatic heterocycles. The van der Waals surface area contributed by atoms with Gasteiger partial charge in [-0.25, -0.2) is 0 Å². The van der Waals surface area contributed by atoms with Crippen LogP contribution in [0.3, 0.4) is 0 Å². The minimum absolute atomic E-state index is 0.208. The molecule has 1 heterocycles. The Bertz CT molecular complexity index is 309. The molecule has 1 fully saturated rings. The van der Waals surface area contributed by atoms with Gasteiger partial charge in [-0.15, -0.1) is 0 Å². The molecule has 0 bridgehead atoms. The van der Waals surface area contributed by atoms with Gasteiger partial charge >= 0.3 is 0 Å². The zero-order valence-corrected chi connectivity index (χ0v) is 10.1. The smallest absolute Gasteiger partial charge is 0.0926 e. The number of benzene rings is 1. The monoisotopic (exact) mass is 235 g/mol. The molecule has 17 heavy (non-hydrogen) atoms. The van der Waals surface area contributed by atoms with Crippen molar-refractivity contribution in [2.75, 3.05) is 13.2 Å². The van der Waals surface area contributed by atoms with Crippen LogP contribution in [-0.2, 0) is 11.3 Å². The van der Waals surface area contributed by atoms with Gasteiger partial charge in [-0.3, -0.25) is 0 Å². The van der Waals surface area contributed by atoms with Gasteiger partial charge in [-0.1, -0.05) is 36.8 Å². The van der Waals surface area contributed by atoms with Crippen molar-refractivity contribution in [1.82, 2.24) is 5.32 Å². The molecular formula is C14H21NO2. The molecule has 94 valence electrons. The van der Waals surface area contributed by atoms with Crippen LogP contribution in [0.2, 0.25) is 0 Å². The van der Waals surface area contributed by atoms with Crippen molar-refractivity contribution >= 4 is 0 Å². The number of aliphatic hydroxyl groups excluding tert-OH is 1. The first-order chi connectivity index (χ1) is 8.36. The summed E-state index contributed by atoms with van der Waals surface area (Å²) in [6, 6.07) is 10.3. The summed E-state index contributed by atoms with van der Waals surface area (Å²) in [5, 5.41) is 13.3. The van der Waals surface area contributed by atoms with Crippen LogP contribution < -0.4 is 5.32 Å². The van der Waals surface area contributed by atoms with Crippen molar-refractivity contribution in [2.24, 2.45) is 0 Å². The fourth-order valence-corrected chi connectivity index (χ4v) is 2.20. The average Bonchev–Trinajstić information content (AvgIpc) is 2.41. The lowest BCUT2D eigenvalue weighted by atomic mass is 10.0. The summed E-state index contributed by atoms with van der Waals surface area (Å²) in [4.78, 5) is 0. The molecule has 0 aliphatic carbocycles. The molecule has 3 heteroatoms. The molecule has 0 radical (unpaired) electrons. The van der Waals surface area contributed by atoms with Crippen LogP contribution in [0.25, 0.3) is 0 Å². The Morgan fingerprint density at radius 1 is 1.29 bits per heavy atom. The normalized spacial score (nSPS) is 22.3. The number of hydrogen-bond donors (Lipinski definition) is 2. The zero-order valence-electron chi connectivity index (χ0n) is 10.1. The van der Waals surface area contributed by atoms with E-state index in [1.165, 1.54) is 12.8 Å². The maximum Gasteiger partial charge on any atom is 0.0926 e. The highest BCUT2D eigenvalue weighted by Gasteiger charge is 2.20. The van der Waals surface area contributed by atoms with Gasteiger partial charge in [0, 0.05) is 6.04 Å². The Hall–Kier alpha value is -0.900. The summed E-state index contributed by atoms with van der Waals surface area (Å²) in [7, 11) is 0. The number of hydrogen-bond acceptors (Lipinski definition) is 3. The highest BCUT2D eigenvalue weighted by molar-refractivity contribution is 5.13. The maximum absolute atomic E-state index is 9.96. The van der Waals surface area contributed by atoms with E-state index >= 15 is 0 Å². The zero-order chi connectivity index (χ0) is 11.9. The Morgan fingerprint density at radius 2 is 2.12 bits per heavy atom. The van der Waals surface area contributed by atoms with Gasteiger partial charge in [0.1, 0.15) is 0 Å². The summed E-state index contributed by atoms with van der Waals surface area (Å²) in [6.45, 7) is 2.00. The van der Waals surface area contributed by atoms with Crippen molar-refractivity contribution in [3.8, 4) is 0 Å². The molecule has 2 rings (SSSR count). The van der Waals surface area contributed by atoms with E-state index in [-0.39, 0.29) is 12.1 Å². The first-order valence-electron chi connectivity index (χ1n) is 6.39. The van der Waals surface area contributed by atoms with Crippen molar-refractivity contribution in [2.45, 2.75) is 38.0 Å². The van der Waals surface area contributed by atoms with Crippen LogP contribution in [0.5, 0.6) is 0 Å². The summed E-state index contributed by atoms with van der Waals surface area (Å²) in [5.41, 5.74) is 1.15. The van der Waals surface area contributed by atoms with E-state index in [0.717, 1.165) is 18.5 Å². The topological polar surface area (TPSA) is 41.5 Å². The molecule has 2 atom stereocenters. The van der Waals surface area contributed by atoms with E-state index in [2.05, 4.69) is 5.32 Å². The molecule has 0 unspecified atom stereocenters. The Kier molecular flexibility index (Phi) is 4.98. The highest BCUT2D eigenvalue weighted by Crippen LogP contribution is 2.11. The van der Waals surface area contributed by atoms with Crippen LogP contribution in [0, 0.1) is 0 Å². The lowest BCUT2D eigenvalue weighted by Gasteiger charge is -2.27. The van der Waals surface area contributed by atoms with Crippen LogP contribution in [0.1, 0.15) is 24.8 Å². The minimum Gasteiger partial charge on any atom is -0.389 e. The average molecular weight is 235 g/mol. The molecule has 1 aliphatic heterocycles. The molecule has 3 nitrogen and oxygen atoms in total. The van der Waals surface area contributed by atoms with Gasteiger partial charge in [0.15, 0.2) is 0 Å². The fourth-order valence-electron chi connectivity index (χ4n) is 2.20. The van der Waals surface area contributed by atoms with Crippen LogP contribution in [0.15, 0.2) is 30.3 Å². The third kappa shape index (κ3) is 4.11. The van der Waals surface area contributed by atoms with Crippen molar-refractivity contribution < 1.29 is 9.84 Å². The molecule has 2 N–H and O–H groups in total. The van der Waals surface area contributed by atoms with Gasteiger partial charge in [0.25, 0.3) is 0 Å². The number of rotatable bonds is 5. The Morgan fingerprint density at radius 3 is 2.82 bits per heavy atom. The Balaban J connectivity index is 1.67. The van der Waals surface area contributed by atoms with Crippen LogP contribution in [0.4, 0.5) is 0 Å². The van der Waals surface area contributed by atoms with Crippen molar-refractivity contribution in [3.63, 3.8) is 0 Å². The number of aliphatic hydroxyl groups is 1. The minimum atomic E-state index is -0.390. The molecule has 0 amide bonds. The first kappa shape index (κ1) is 12.6. The second-order valence-corrected chi connectivity index (χ2v) is 4.62. The highest BCUT2D eigenvalue weighted by atomic mass is 16.5. The van der Waals surface area contributed by atoms with Gasteiger partial charge < -0.3 is 15.2 Å². The lowest BCUT2D eigenvalue weighted by molar-refractivity contribution is 0.00438. The molecule has 0 spiro atoms. The molecule has 1 saturated heterocycles. The number of ether oxygens (including phenoxy) is 1. The van der Waals surface area contributed by atoms with E-state index in [9.17, 15) is 5.11 Å². The van der Waals surface area contributed by atoms with E-state index in [1.807, 2.05) is 30.3 Å². The summed E-state index contributed by atoms with van der Waals surface area (Å²) in [5.74, 6) is 0. The van der Waals surface area contributed by atoms with Crippen LogP contribution >= 0.6 is 0 Å². The standard InChI is InChI=1S/C14H21NO2/c16-14(13-8-4-5-9-15-13)11-17-10-12-6-2-1-3-7-12/h1-3,6-7,13-16H,4-5,8-11H2/t13-,14+/m1/s1. The summed E-state index contributed by atoms with van der Waals surface area (Å²) < 4.78 is 5.54. The molecule has 1 aromatic carbocycles. The maximum atomic E-state index is 9.96. The van der Waals surface area contributed by atoms with E-state index in [0.29, 0.717) is 13.2 Å². The van der Waals surface area contributed by atoms with E-state index in [4.69, 9.17) is 4.74 Å². The quantitative estimate of drug-likeness (QED) is 0.816. The van der Waals surface area contributed by atoms with Gasteiger partial charge in [-0.05, 0) is 24.9 Å². The van der Waals surface area contributed by atoms with Crippen LogP contribution in [-0.4, -0.2) is 30.4 Å². The van der Waals surface area contributed by atoms with Gasteiger partial charge in [0.2, 0.25) is 0 Å². The second kappa shape index (κ2) is 6.74. The SMILES string of the molecule is O[C@@H](COCc1ccccc1)[C@H]1CCCCN1. The molecule has 0 saturated carbocycles. The third-order valence-corrected chi connectivity index (χ3v) is 3.21. The molecular weight excluding hydrogens is 214 g/mol. The second-order valence-electron chi connectivity index (χ2n) is 4.62. The predicted octanol–water partition coefficient (Wildman–Crippen LogP) is 1.71. The lowest BCUT2D eigenvalue weighted by Crippen LogP contribution is -2.45. The Labute approximate surface area is 103 Å². The summed E-state index contributed by atoms with van der Waals surface area (Å²) >= 11 is 0. The van der Waals surface area contributed by atoms with E-state index < -0.39 is 0 Å². The fraction of sp³-hybridized carbons (Fsp3) is 0.571. The third-order valence-electron chi connectivity index (χ3n) is 3.21. The largest absolute Gasteiger partial charge is 0.389 e. The molecule has 1 aromatic rings. The van der Waals surface area contributed by atoms with Gasteiger partial charge in [0.05, 0.1) is 19.3 Å². The number of piperidine rings is 1. The predicted molar refractivity (Wildman–Crippen MR) is 67.7 cm³/mol. The summed E-state index contributed by atoms with van der Waals surface area (Å²) in [6.07, 6.45) is 3.08. The number of nitrogens with one attached hydrogen (secondary N) is 1. The van der Waals surface area contributed by atoms with Crippen molar-refractivity contribution in [3.05, 3.63) is 35.9 Å². The van der Waals surface area contributed by atoms with Gasteiger partial charge in [-0.2, -0.15) is 0 Å². The first-order valence-corrected chi connectivity index (χ1v) is 6.39. The van der Waals surface area contributed by atoms with Crippen molar-refractivity contribution in [1.29, 1.82) is 0 Å². The molecule has 1 aliphatic rings.